The van der Waals surface area contributed by atoms with Crippen molar-refractivity contribution in [1.29, 1.82) is 0 Å². The lowest BCUT2D eigenvalue weighted by Crippen LogP contribution is -2.40. The van der Waals surface area contributed by atoms with Gasteiger partial charge in [-0.3, -0.25) is 14.5 Å². The SMILES string of the molecule is Cc1ccc(-c2c(C)sc3nc(CN4CCCC(C(=O)Nc5ccccn5)C4)[nH]c(=O)c23)cc1. The smallest absolute Gasteiger partial charge is 0.260 e. The molecule has 0 saturated carbocycles. The van der Waals surface area contributed by atoms with Gasteiger partial charge in [0.1, 0.15) is 16.5 Å². The van der Waals surface area contributed by atoms with E-state index >= 15 is 0 Å². The van der Waals surface area contributed by atoms with Crippen molar-refractivity contribution in [2.24, 2.45) is 5.92 Å². The van der Waals surface area contributed by atoms with Crippen LogP contribution < -0.4 is 10.9 Å². The van der Waals surface area contributed by atoms with Crippen molar-refractivity contribution in [3.05, 3.63) is 75.3 Å². The quantitative estimate of drug-likeness (QED) is 0.445. The van der Waals surface area contributed by atoms with Crippen LogP contribution in [-0.2, 0) is 11.3 Å². The van der Waals surface area contributed by atoms with Gasteiger partial charge in [0.15, 0.2) is 0 Å². The number of nitrogens with one attached hydrogen (secondary N) is 2. The van der Waals surface area contributed by atoms with E-state index in [-0.39, 0.29) is 17.4 Å². The first kappa shape index (κ1) is 22.4. The lowest BCUT2D eigenvalue weighted by molar-refractivity contribution is -0.121. The number of piperidine rings is 1. The molecule has 1 unspecified atom stereocenters. The van der Waals surface area contributed by atoms with E-state index in [1.54, 1.807) is 23.6 Å². The first-order valence-electron chi connectivity index (χ1n) is 11.5. The van der Waals surface area contributed by atoms with Crippen LogP contribution in [0.1, 0.15) is 29.1 Å². The molecule has 0 radical (unpaired) electrons. The number of aromatic amines is 1. The molecule has 5 rings (SSSR count). The number of thiophene rings is 1. The van der Waals surface area contributed by atoms with Gasteiger partial charge in [-0.1, -0.05) is 35.9 Å². The molecule has 1 aromatic carbocycles. The van der Waals surface area contributed by atoms with Crippen molar-refractivity contribution in [3.63, 3.8) is 0 Å². The highest BCUT2D eigenvalue weighted by Crippen LogP contribution is 2.35. The van der Waals surface area contributed by atoms with Crippen molar-refractivity contribution in [3.8, 4) is 11.1 Å². The molecule has 1 fully saturated rings. The molecular formula is C26H27N5O2S. The second-order valence-electron chi connectivity index (χ2n) is 8.87. The van der Waals surface area contributed by atoms with Crippen LogP contribution in [-0.4, -0.2) is 38.8 Å². The molecule has 8 heteroatoms. The van der Waals surface area contributed by atoms with Gasteiger partial charge >= 0.3 is 0 Å². The molecule has 2 N–H and O–H groups in total. The van der Waals surface area contributed by atoms with Crippen LogP contribution in [0.15, 0.2) is 53.5 Å². The fourth-order valence-electron chi connectivity index (χ4n) is 4.60. The zero-order chi connectivity index (χ0) is 23.7. The average molecular weight is 474 g/mol. The number of anilines is 1. The van der Waals surface area contributed by atoms with Crippen LogP contribution >= 0.6 is 11.3 Å². The van der Waals surface area contributed by atoms with Gasteiger partial charge in [-0.2, -0.15) is 0 Å². The van der Waals surface area contributed by atoms with Crippen LogP contribution in [0.5, 0.6) is 0 Å². The van der Waals surface area contributed by atoms with Gasteiger partial charge < -0.3 is 10.3 Å². The number of rotatable bonds is 5. The lowest BCUT2D eigenvalue weighted by atomic mass is 9.97. The molecule has 1 saturated heterocycles. The molecule has 0 spiro atoms. The fourth-order valence-corrected chi connectivity index (χ4v) is 5.66. The van der Waals surface area contributed by atoms with Gasteiger partial charge in [-0.05, 0) is 50.9 Å². The lowest BCUT2D eigenvalue weighted by Gasteiger charge is -2.31. The molecule has 34 heavy (non-hydrogen) atoms. The monoisotopic (exact) mass is 473 g/mol. The number of benzene rings is 1. The van der Waals surface area contributed by atoms with E-state index in [2.05, 4.69) is 51.4 Å². The van der Waals surface area contributed by atoms with Crippen molar-refractivity contribution in [1.82, 2.24) is 19.9 Å². The number of hydrogen-bond donors (Lipinski definition) is 2. The maximum Gasteiger partial charge on any atom is 0.260 e. The highest BCUT2D eigenvalue weighted by Gasteiger charge is 2.27. The number of likely N-dealkylation sites (tertiary alicyclic amines) is 1. The predicted molar refractivity (Wildman–Crippen MR) is 136 cm³/mol. The Balaban J connectivity index is 1.34. The van der Waals surface area contributed by atoms with Crippen molar-refractivity contribution in [2.45, 2.75) is 33.2 Å². The molecule has 0 bridgehead atoms. The topological polar surface area (TPSA) is 91.0 Å². The first-order valence-corrected chi connectivity index (χ1v) is 12.3. The number of carbonyl (C=O) groups is 1. The zero-order valence-electron chi connectivity index (χ0n) is 19.3. The number of aryl methyl sites for hydroxylation is 2. The van der Waals surface area contributed by atoms with Gasteiger partial charge in [-0.15, -0.1) is 11.3 Å². The summed E-state index contributed by atoms with van der Waals surface area (Å²) >= 11 is 1.55. The molecule has 4 heterocycles. The molecular weight excluding hydrogens is 446 g/mol. The highest BCUT2D eigenvalue weighted by atomic mass is 32.1. The van der Waals surface area contributed by atoms with E-state index in [0.29, 0.717) is 30.1 Å². The summed E-state index contributed by atoms with van der Waals surface area (Å²) in [6.45, 7) is 6.09. The van der Waals surface area contributed by atoms with E-state index in [9.17, 15) is 9.59 Å². The van der Waals surface area contributed by atoms with Crippen LogP contribution in [0.25, 0.3) is 21.3 Å². The Morgan fingerprint density at radius 1 is 1.21 bits per heavy atom. The van der Waals surface area contributed by atoms with Crippen LogP contribution in [0.2, 0.25) is 0 Å². The summed E-state index contributed by atoms with van der Waals surface area (Å²) in [5.41, 5.74) is 3.07. The summed E-state index contributed by atoms with van der Waals surface area (Å²) in [5, 5.41) is 3.56. The summed E-state index contributed by atoms with van der Waals surface area (Å²) < 4.78 is 0. The Morgan fingerprint density at radius 3 is 2.79 bits per heavy atom. The fraction of sp³-hybridized carbons (Fsp3) is 0.308. The van der Waals surface area contributed by atoms with Crippen LogP contribution in [0.3, 0.4) is 0 Å². The number of fused-ring (bicyclic) bond motifs is 1. The van der Waals surface area contributed by atoms with Gasteiger partial charge in [0, 0.05) is 23.2 Å². The van der Waals surface area contributed by atoms with Crippen LogP contribution in [0.4, 0.5) is 5.82 Å². The van der Waals surface area contributed by atoms with Crippen molar-refractivity contribution in [2.75, 3.05) is 18.4 Å². The van der Waals surface area contributed by atoms with Crippen molar-refractivity contribution < 1.29 is 4.79 Å². The minimum Gasteiger partial charge on any atom is -0.310 e. The number of aromatic nitrogens is 3. The summed E-state index contributed by atoms with van der Waals surface area (Å²) in [6, 6.07) is 13.7. The molecule has 1 aliphatic heterocycles. The van der Waals surface area contributed by atoms with E-state index < -0.39 is 0 Å². The maximum absolute atomic E-state index is 13.1. The van der Waals surface area contributed by atoms with E-state index in [0.717, 1.165) is 40.2 Å². The van der Waals surface area contributed by atoms with Gasteiger partial charge in [0.05, 0.1) is 17.8 Å². The Bertz CT molecular complexity index is 1380. The first-order chi connectivity index (χ1) is 16.5. The molecule has 0 aliphatic carbocycles. The summed E-state index contributed by atoms with van der Waals surface area (Å²) in [5.74, 6) is 1.07. The molecule has 4 aromatic rings. The third-order valence-corrected chi connectivity index (χ3v) is 7.29. The zero-order valence-corrected chi connectivity index (χ0v) is 20.1. The van der Waals surface area contributed by atoms with Gasteiger partial charge in [0.25, 0.3) is 5.56 Å². The normalized spacial score (nSPS) is 16.6. The summed E-state index contributed by atoms with van der Waals surface area (Å²) in [4.78, 5) is 41.9. The number of hydrogen-bond acceptors (Lipinski definition) is 6. The van der Waals surface area contributed by atoms with Crippen molar-refractivity contribution >= 4 is 33.3 Å². The van der Waals surface area contributed by atoms with E-state index in [1.807, 2.05) is 19.1 Å². The number of H-pyrrole nitrogens is 1. The average Bonchev–Trinajstić information content (AvgIpc) is 3.16. The minimum atomic E-state index is -0.122. The highest BCUT2D eigenvalue weighted by molar-refractivity contribution is 7.19. The third kappa shape index (κ3) is 4.64. The number of nitrogens with zero attached hydrogens (tertiary/aromatic N) is 3. The Hall–Kier alpha value is -3.36. The van der Waals surface area contributed by atoms with E-state index in [4.69, 9.17) is 4.98 Å². The van der Waals surface area contributed by atoms with E-state index in [1.165, 1.54) is 5.56 Å². The summed E-state index contributed by atoms with van der Waals surface area (Å²) in [6.07, 6.45) is 3.42. The van der Waals surface area contributed by atoms with Crippen LogP contribution in [0, 0.1) is 19.8 Å². The number of pyridine rings is 1. The predicted octanol–water partition coefficient (Wildman–Crippen LogP) is 4.51. The van der Waals surface area contributed by atoms with Gasteiger partial charge in [0.2, 0.25) is 5.91 Å². The largest absolute Gasteiger partial charge is 0.310 e. The molecule has 3 aromatic heterocycles. The summed E-state index contributed by atoms with van der Waals surface area (Å²) in [7, 11) is 0. The second-order valence-corrected chi connectivity index (χ2v) is 10.1. The standard InChI is InChI=1S/C26H27N5O2S/c1-16-8-10-18(11-9-16)22-17(2)34-26-23(22)25(33)29-21(30-26)15-31-13-5-6-19(14-31)24(32)28-20-7-3-4-12-27-20/h3-4,7-12,19H,5-6,13-15H2,1-2H3,(H,27,28,32)(H,29,30,33). The minimum absolute atomic E-state index is 0.0167. The molecule has 1 amide bonds. The maximum atomic E-state index is 13.1. The molecule has 7 nitrogen and oxygen atoms in total. The Morgan fingerprint density at radius 2 is 2.03 bits per heavy atom. The Kier molecular flexibility index (Phi) is 6.26. The third-order valence-electron chi connectivity index (χ3n) is 6.29. The number of carbonyl (C=O) groups excluding carboxylic acids is 1. The Labute approximate surface area is 201 Å². The second kappa shape index (κ2) is 9.48. The van der Waals surface area contributed by atoms with Gasteiger partial charge in [-0.25, -0.2) is 9.97 Å². The molecule has 174 valence electrons. The molecule has 1 aliphatic rings. The molecule has 1 atom stereocenters. The number of amides is 1.